The van der Waals surface area contributed by atoms with Crippen LogP contribution in [0.3, 0.4) is 0 Å². The average molecular weight is 184 g/mol. The standard InChI is InChI=1S/C10H20N2O/c1-7-6-12(10(3,4)5)9(13)11-8(7)2/h7-8H,6H2,1-5H3,(H,11,13). The van der Waals surface area contributed by atoms with Crippen LogP contribution in [-0.2, 0) is 0 Å². The van der Waals surface area contributed by atoms with E-state index in [-0.39, 0.29) is 11.6 Å². The third-order valence-electron chi connectivity index (χ3n) is 2.73. The summed E-state index contributed by atoms with van der Waals surface area (Å²) in [5.74, 6) is 0.525. The maximum absolute atomic E-state index is 11.6. The maximum atomic E-state index is 11.6. The van der Waals surface area contributed by atoms with Crippen molar-refractivity contribution in [2.24, 2.45) is 5.92 Å². The Bertz CT molecular complexity index is 207. The Hall–Kier alpha value is -0.730. The Labute approximate surface area is 80.5 Å². The third kappa shape index (κ3) is 2.14. The van der Waals surface area contributed by atoms with Crippen LogP contribution >= 0.6 is 0 Å². The summed E-state index contributed by atoms with van der Waals surface area (Å²) in [5.41, 5.74) is -0.0709. The third-order valence-corrected chi connectivity index (χ3v) is 2.73. The van der Waals surface area contributed by atoms with Crippen molar-refractivity contribution in [2.75, 3.05) is 6.54 Å². The number of amides is 2. The van der Waals surface area contributed by atoms with Crippen LogP contribution in [0.5, 0.6) is 0 Å². The lowest BCUT2D eigenvalue weighted by molar-refractivity contribution is 0.100. The lowest BCUT2D eigenvalue weighted by Gasteiger charge is -2.43. The number of carbonyl (C=O) groups is 1. The van der Waals surface area contributed by atoms with Gasteiger partial charge >= 0.3 is 6.03 Å². The monoisotopic (exact) mass is 184 g/mol. The van der Waals surface area contributed by atoms with Crippen molar-refractivity contribution in [2.45, 2.75) is 46.2 Å². The van der Waals surface area contributed by atoms with Crippen LogP contribution in [0, 0.1) is 5.92 Å². The van der Waals surface area contributed by atoms with Crippen molar-refractivity contribution < 1.29 is 4.79 Å². The molecule has 1 fully saturated rings. The van der Waals surface area contributed by atoms with Gasteiger partial charge in [-0.3, -0.25) is 0 Å². The fourth-order valence-corrected chi connectivity index (χ4v) is 1.52. The summed E-state index contributed by atoms with van der Waals surface area (Å²) in [6.07, 6.45) is 0. The highest BCUT2D eigenvalue weighted by Crippen LogP contribution is 2.20. The van der Waals surface area contributed by atoms with E-state index >= 15 is 0 Å². The van der Waals surface area contributed by atoms with Crippen molar-refractivity contribution in [3.05, 3.63) is 0 Å². The van der Waals surface area contributed by atoms with Crippen LogP contribution in [0.1, 0.15) is 34.6 Å². The van der Waals surface area contributed by atoms with E-state index in [1.165, 1.54) is 0 Å². The molecule has 0 bridgehead atoms. The molecule has 2 atom stereocenters. The molecule has 1 aliphatic heterocycles. The molecular formula is C10H20N2O. The van der Waals surface area contributed by atoms with Crippen molar-refractivity contribution >= 4 is 6.03 Å². The zero-order chi connectivity index (χ0) is 10.2. The summed E-state index contributed by atoms with van der Waals surface area (Å²) >= 11 is 0. The molecule has 3 nitrogen and oxygen atoms in total. The Morgan fingerprint density at radius 2 is 1.92 bits per heavy atom. The molecule has 2 unspecified atom stereocenters. The van der Waals surface area contributed by atoms with Crippen LogP contribution < -0.4 is 5.32 Å². The van der Waals surface area contributed by atoms with Gasteiger partial charge in [0.1, 0.15) is 0 Å². The molecule has 0 aromatic rings. The van der Waals surface area contributed by atoms with Crippen molar-refractivity contribution in [3.8, 4) is 0 Å². The van der Waals surface area contributed by atoms with Gasteiger partial charge in [-0.2, -0.15) is 0 Å². The van der Waals surface area contributed by atoms with Gasteiger partial charge in [-0.05, 0) is 33.6 Å². The molecule has 0 aromatic heterocycles. The molecule has 1 heterocycles. The Morgan fingerprint density at radius 1 is 1.38 bits per heavy atom. The predicted molar refractivity (Wildman–Crippen MR) is 53.6 cm³/mol. The van der Waals surface area contributed by atoms with Gasteiger partial charge in [0, 0.05) is 18.1 Å². The van der Waals surface area contributed by atoms with Crippen LogP contribution in [0.25, 0.3) is 0 Å². The zero-order valence-electron chi connectivity index (χ0n) is 9.22. The lowest BCUT2D eigenvalue weighted by atomic mass is 9.96. The molecular weight excluding hydrogens is 164 g/mol. The summed E-state index contributed by atoms with van der Waals surface area (Å²) in [4.78, 5) is 13.5. The molecule has 13 heavy (non-hydrogen) atoms. The van der Waals surface area contributed by atoms with Crippen molar-refractivity contribution in [3.63, 3.8) is 0 Å². The predicted octanol–water partition coefficient (Wildman–Crippen LogP) is 1.83. The van der Waals surface area contributed by atoms with Gasteiger partial charge in [0.15, 0.2) is 0 Å². The summed E-state index contributed by atoms with van der Waals surface area (Å²) in [7, 11) is 0. The molecule has 0 aromatic carbocycles. The first-order valence-electron chi connectivity index (χ1n) is 4.90. The molecule has 3 heteroatoms. The fourth-order valence-electron chi connectivity index (χ4n) is 1.52. The zero-order valence-corrected chi connectivity index (χ0v) is 9.22. The molecule has 0 aliphatic carbocycles. The van der Waals surface area contributed by atoms with Gasteiger partial charge in [-0.1, -0.05) is 6.92 Å². The quantitative estimate of drug-likeness (QED) is 0.612. The van der Waals surface area contributed by atoms with Gasteiger partial charge in [0.2, 0.25) is 0 Å². The molecule has 1 rings (SSSR count). The van der Waals surface area contributed by atoms with E-state index in [4.69, 9.17) is 0 Å². The first-order valence-corrected chi connectivity index (χ1v) is 4.90. The number of hydrogen-bond donors (Lipinski definition) is 1. The number of hydrogen-bond acceptors (Lipinski definition) is 1. The second-order valence-electron chi connectivity index (χ2n) is 5.00. The highest BCUT2D eigenvalue weighted by atomic mass is 16.2. The fraction of sp³-hybridized carbons (Fsp3) is 0.900. The van der Waals surface area contributed by atoms with Crippen LogP contribution in [0.4, 0.5) is 4.79 Å². The molecule has 1 N–H and O–H groups in total. The minimum Gasteiger partial charge on any atom is -0.335 e. The number of carbonyl (C=O) groups excluding carboxylic acids is 1. The van der Waals surface area contributed by atoms with Crippen molar-refractivity contribution in [1.82, 2.24) is 10.2 Å². The largest absolute Gasteiger partial charge is 0.335 e. The Morgan fingerprint density at radius 3 is 2.38 bits per heavy atom. The Kier molecular flexibility index (Phi) is 2.55. The van der Waals surface area contributed by atoms with Crippen molar-refractivity contribution in [1.29, 1.82) is 0 Å². The van der Waals surface area contributed by atoms with E-state index in [1.54, 1.807) is 0 Å². The molecule has 2 amide bonds. The van der Waals surface area contributed by atoms with E-state index in [1.807, 2.05) is 4.90 Å². The smallest absolute Gasteiger partial charge is 0.318 e. The maximum Gasteiger partial charge on any atom is 0.318 e. The number of rotatable bonds is 0. The summed E-state index contributed by atoms with van der Waals surface area (Å²) < 4.78 is 0. The van der Waals surface area contributed by atoms with E-state index in [0.29, 0.717) is 12.0 Å². The van der Waals surface area contributed by atoms with Gasteiger partial charge in [-0.25, -0.2) is 4.79 Å². The van der Waals surface area contributed by atoms with Gasteiger partial charge in [0.05, 0.1) is 0 Å². The number of nitrogens with one attached hydrogen (secondary N) is 1. The lowest BCUT2D eigenvalue weighted by Crippen LogP contribution is -2.60. The van der Waals surface area contributed by atoms with E-state index in [2.05, 4.69) is 39.9 Å². The number of nitrogens with zero attached hydrogens (tertiary/aromatic N) is 1. The minimum absolute atomic E-state index is 0.0677. The van der Waals surface area contributed by atoms with Gasteiger partial charge in [-0.15, -0.1) is 0 Å². The first kappa shape index (κ1) is 10.4. The molecule has 0 radical (unpaired) electrons. The number of urea groups is 1. The molecule has 0 spiro atoms. The SMILES string of the molecule is CC1CN(C(C)(C)C)C(=O)NC1C. The molecule has 0 saturated carbocycles. The average Bonchev–Trinajstić information content (AvgIpc) is 1.94. The minimum atomic E-state index is -0.0709. The Balaban J connectivity index is 2.73. The normalized spacial score (nSPS) is 30.2. The first-order chi connectivity index (χ1) is 5.82. The van der Waals surface area contributed by atoms with Crippen LogP contribution in [0.15, 0.2) is 0 Å². The van der Waals surface area contributed by atoms with Crippen LogP contribution in [0.2, 0.25) is 0 Å². The van der Waals surface area contributed by atoms with Gasteiger partial charge < -0.3 is 10.2 Å². The van der Waals surface area contributed by atoms with Crippen LogP contribution in [-0.4, -0.2) is 29.1 Å². The highest BCUT2D eigenvalue weighted by molar-refractivity contribution is 5.76. The summed E-state index contributed by atoms with van der Waals surface area (Å²) in [6, 6.07) is 0.365. The second kappa shape index (κ2) is 3.20. The van der Waals surface area contributed by atoms with E-state index in [9.17, 15) is 4.79 Å². The van der Waals surface area contributed by atoms with E-state index in [0.717, 1.165) is 6.54 Å². The molecule has 1 saturated heterocycles. The van der Waals surface area contributed by atoms with E-state index < -0.39 is 0 Å². The molecule has 1 aliphatic rings. The second-order valence-corrected chi connectivity index (χ2v) is 5.00. The molecule has 76 valence electrons. The summed E-state index contributed by atoms with van der Waals surface area (Å²) in [5, 5.41) is 2.97. The highest BCUT2D eigenvalue weighted by Gasteiger charge is 2.34. The summed E-state index contributed by atoms with van der Waals surface area (Å²) in [6.45, 7) is 11.3. The van der Waals surface area contributed by atoms with Gasteiger partial charge in [0.25, 0.3) is 0 Å². The topological polar surface area (TPSA) is 32.3 Å².